The molecule has 10 nitrogen and oxygen atoms in total. The summed E-state index contributed by atoms with van der Waals surface area (Å²) in [5, 5.41) is 19.2. The van der Waals surface area contributed by atoms with Crippen LogP contribution in [0.4, 0.5) is 0 Å². The molecule has 4 N–H and O–H groups in total. The van der Waals surface area contributed by atoms with E-state index in [1.54, 1.807) is 39.8 Å². The molecule has 5 bridgehead atoms. The fourth-order valence-electron chi connectivity index (χ4n) is 5.14. The minimum absolute atomic E-state index is 0.287. The second-order valence-electron chi connectivity index (χ2n) is 11.3. The molecule has 2 aliphatic heterocycles. The number of hydrazine groups is 1. The van der Waals surface area contributed by atoms with Crippen LogP contribution in [0.1, 0.15) is 64.7 Å². The molecular formula is C31H40N4O6. The van der Waals surface area contributed by atoms with E-state index in [0.717, 1.165) is 21.9 Å². The first-order chi connectivity index (χ1) is 19.4. The molecule has 0 aliphatic carbocycles. The summed E-state index contributed by atoms with van der Waals surface area (Å²) in [6, 6.07) is 9.12. The summed E-state index contributed by atoms with van der Waals surface area (Å²) in [7, 11) is 0. The Hall–Kier alpha value is -3.76. The quantitative estimate of drug-likeness (QED) is 0.412. The molecule has 220 valence electrons. The molecule has 1 fully saturated rings. The van der Waals surface area contributed by atoms with Crippen molar-refractivity contribution in [1.82, 2.24) is 21.1 Å². The van der Waals surface area contributed by atoms with Crippen LogP contribution in [-0.4, -0.2) is 64.6 Å². The number of carbonyl (C=O) groups excluding carboxylic acids is 4. The van der Waals surface area contributed by atoms with E-state index in [1.807, 2.05) is 36.4 Å². The molecule has 2 aliphatic rings. The first-order valence-corrected chi connectivity index (χ1v) is 14.2. The number of rotatable bonds is 2. The van der Waals surface area contributed by atoms with Crippen LogP contribution in [0.5, 0.6) is 0 Å². The van der Waals surface area contributed by atoms with E-state index in [2.05, 4.69) is 16.1 Å². The Kier molecular flexibility index (Phi) is 9.45. The standard InChI is InChI=1S/C31H40N4O6/c1-17(2)27-29(38)32-18(3)30(39)35-14-6-7-26(34-35)31(40)41-20(5)23-12-11-22-10-8-21(15-24(22)16-23)9-13-25(19(4)36)28(37)33-27/h8-13,15-20,25-27,34,36H,6-7,14H2,1-5H3,(H,32,38)(H,33,37)/t18-,19+,20-,25?,26+,27+/m1/s1. The van der Waals surface area contributed by atoms with Crippen LogP contribution in [0.25, 0.3) is 16.8 Å². The van der Waals surface area contributed by atoms with E-state index in [1.165, 1.54) is 11.9 Å². The summed E-state index contributed by atoms with van der Waals surface area (Å²) >= 11 is 0. The summed E-state index contributed by atoms with van der Waals surface area (Å²) in [5.74, 6) is -3.07. The minimum atomic E-state index is -1.01. The predicted octanol–water partition coefficient (Wildman–Crippen LogP) is 2.61. The maximum atomic E-state index is 13.3. The lowest BCUT2D eigenvalue weighted by Gasteiger charge is -2.35. The maximum absolute atomic E-state index is 13.3. The van der Waals surface area contributed by atoms with E-state index in [4.69, 9.17) is 4.74 Å². The largest absolute Gasteiger partial charge is 0.457 e. The molecule has 2 heterocycles. The molecule has 1 saturated heterocycles. The maximum Gasteiger partial charge on any atom is 0.325 e. The van der Waals surface area contributed by atoms with Crippen molar-refractivity contribution in [3.05, 3.63) is 53.6 Å². The van der Waals surface area contributed by atoms with Gasteiger partial charge in [-0.25, -0.2) is 5.43 Å². The molecule has 41 heavy (non-hydrogen) atoms. The Morgan fingerprint density at radius 2 is 1.68 bits per heavy atom. The van der Waals surface area contributed by atoms with Crippen molar-refractivity contribution >= 4 is 40.5 Å². The van der Waals surface area contributed by atoms with Crippen LogP contribution in [0.3, 0.4) is 0 Å². The van der Waals surface area contributed by atoms with Gasteiger partial charge in [-0.2, -0.15) is 0 Å². The molecule has 6 atom stereocenters. The van der Waals surface area contributed by atoms with Gasteiger partial charge >= 0.3 is 5.97 Å². The number of benzene rings is 2. The fourth-order valence-corrected chi connectivity index (χ4v) is 5.14. The van der Waals surface area contributed by atoms with Gasteiger partial charge in [-0.15, -0.1) is 0 Å². The zero-order chi connectivity index (χ0) is 29.8. The average molecular weight is 565 g/mol. The highest BCUT2D eigenvalue weighted by Crippen LogP contribution is 2.25. The summed E-state index contributed by atoms with van der Waals surface area (Å²) < 4.78 is 5.79. The number of amides is 3. The van der Waals surface area contributed by atoms with Gasteiger partial charge in [0.15, 0.2) is 0 Å². The molecule has 3 amide bonds. The molecule has 2 aromatic rings. The Balaban J connectivity index is 1.71. The van der Waals surface area contributed by atoms with Crippen molar-refractivity contribution < 1.29 is 29.0 Å². The second-order valence-corrected chi connectivity index (χ2v) is 11.3. The molecular weight excluding hydrogens is 524 g/mol. The van der Waals surface area contributed by atoms with E-state index in [-0.39, 0.29) is 5.92 Å². The monoisotopic (exact) mass is 564 g/mol. The van der Waals surface area contributed by atoms with E-state index in [9.17, 15) is 24.3 Å². The highest BCUT2D eigenvalue weighted by molar-refractivity contribution is 5.93. The van der Waals surface area contributed by atoms with Gasteiger partial charge in [-0.1, -0.05) is 50.3 Å². The van der Waals surface area contributed by atoms with E-state index >= 15 is 0 Å². The lowest BCUT2D eigenvalue weighted by Crippen LogP contribution is -2.61. The first kappa shape index (κ1) is 30.2. The Morgan fingerprint density at radius 1 is 0.951 bits per heavy atom. The number of fused-ring (bicyclic) bond motifs is 4. The summed E-state index contributed by atoms with van der Waals surface area (Å²) in [4.78, 5) is 52.8. The van der Waals surface area contributed by atoms with Crippen LogP contribution in [0.15, 0.2) is 42.5 Å². The third-order valence-electron chi connectivity index (χ3n) is 7.68. The van der Waals surface area contributed by atoms with Gasteiger partial charge in [-0.05, 0) is 73.6 Å². The first-order valence-electron chi connectivity index (χ1n) is 14.2. The number of hydrogen-bond acceptors (Lipinski definition) is 7. The van der Waals surface area contributed by atoms with Crippen LogP contribution in [-0.2, 0) is 23.9 Å². The Morgan fingerprint density at radius 3 is 2.39 bits per heavy atom. The molecule has 0 saturated carbocycles. The van der Waals surface area contributed by atoms with Crippen molar-refractivity contribution in [3.63, 3.8) is 0 Å². The molecule has 0 aromatic heterocycles. The van der Waals surface area contributed by atoms with E-state index in [0.29, 0.717) is 19.4 Å². The van der Waals surface area contributed by atoms with Crippen molar-refractivity contribution in [3.8, 4) is 0 Å². The molecule has 2 aromatic carbocycles. The molecule has 0 radical (unpaired) electrons. The number of esters is 1. The highest BCUT2D eigenvalue weighted by atomic mass is 16.5. The van der Waals surface area contributed by atoms with Gasteiger partial charge < -0.3 is 20.5 Å². The predicted molar refractivity (Wildman–Crippen MR) is 155 cm³/mol. The smallest absolute Gasteiger partial charge is 0.325 e. The van der Waals surface area contributed by atoms with Gasteiger partial charge in [0.2, 0.25) is 11.8 Å². The number of carbonyl (C=O) groups is 4. The van der Waals surface area contributed by atoms with Crippen molar-refractivity contribution in [2.45, 2.75) is 77.8 Å². The van der Waals surface area contributed by atoms with Crippen molar-refractivity contribution in [2.75, 3.05) is 6.54 Å². The van der Waals surface area contributed by atoms with Gasteiger partial charge in [-0.3, -0.25) is 24.2 Å². The van der Waals surface area contributed by atoms with Crippen LogP contribution in [0.2, 0.25) is 0 Å². The Bertz CT molecular complexity index is 1340. The van der Waals surface area contributed by atoms with E-state index < -0.39 is 59.9 Å². The SMILES string of the molecule is CC(C)[C@@H]1NC(=O)C([C@H](C)O)C=Cc2ccc3ccc(cc3c2)[C@@H](C)OC(=O)[C@@H]2CCCN(N2)C(=O)[C@@H](C)NC1=O. The molecule has 4 rings (SSSR count). The van der Waals surface area contributed by atoms with Crippen LogP contribution in [0, 0.1) is 11.8 Å². The zero-order valence-electron chi connectivity index (χ0n) is 24.2. The number of cyclic esters (lactones) is 1. The molecule has 0 spiro atoms. The summed E-state index contributed by atoms with van der Waals surface area (Å²) in [6.07, 6.45) is 2.95. The van der Waals surface area contributed by atoms with Gasteiger partial charge in [0.25, 0.3) is 5.91 Å². The van der Waals surface area contributed by atoms with Gasteiger partial charge in [0.1, 0.15) is 24.2 Å². The average Bonchev–Trinajstić information content (AvgIpc) is 2.94. The lowest BCUT2D eigenvalue weighted by atomic mass is 9.97. The molecule has 10 heteroatoms. The van der Waals surface area contributed by atoms with Gasteiger partial charge in [0, 0.05) is 6.54 Å². The number of nitrogens with zero attached hydrogens (tertiary/aromatic N) is 1. The number of ether oxygens (including phenoxy) is 1. The molecule has 1 unspecified atom stereocenters. The normalized spacial score (nSPS) is 27.4. The Labute approximate surface area is 240 Å². The minimum Gasteiger partial charge on any atom is -0.457 e. The van der Waals surface area contributed by atoms with Gasteiger partial charge in [0.05, 0.1) is 12.0 Å². The van der Waals surface area contributed by atoms with Crippen LogP contribution < -0.4 is 16.1 Å². The second kappa shape index (κ2) is 12.8. The zero-order valence-corrected chi connectivity index (χ0v) is 24.2. The van der Waals surface area contributed by atoms with Crippen LogP contribution >= 0.6 is 0 Å². The number of aliphatic hydroxyl groups is 1. The number of nitrogens with one attached hydrogen (secondary N) is 3. The number of aliphatic hydroxyl groups excluding tert-OH is 1. The third kappa shape index (κ3) is 7.12. The summed E-state index contributed by atoms with van der Waals surface area (Å²) in [6.45, 7) is 8.84. The highest BCUT2D eigenvalue weighted by Gasteiger charge is 2.34. The van der Waals surface area contributed by atoms with Crippen molar-refractivity contribution in [1.29, 1.82) is 0 Å². The van der Waals surface area contributed by atoms with Crippen molar-refractivity contribution in [2.24, 2.45) is 11.8 Å². The lowest BCUT2D eigenvalue weighted by molar-refractivity contribution is -0.157. The fraction of sp³-hybridized carbons (Fsp3) is 0.484. The topological polar surface area (TPSA) is 137 Å². The number of hydrogen-bond donors (Lipinski definition) is 4. The summed E-state index contributed by atoms with van der Waals surface area (Å²) in [5.41, 5.74) is 4.61. The third-order valence-corrected chi connectivity index (χ3v) is 7.68.